The third-order valence-corrected chi connectivity index (χ3v) is 12.0. The molecule has 1 amide bonds. The van der Waals surface area contributed by atoms with Crippen LogP contribution in [0.15, 0.2) is 90.2 Å². The largest absolute Gasteiger partial charge is 0.497 e. The number of hydrogen-bond donors (Lipinski definition) is 1. The Bertz CT molecular complexity index is 2210. The van der Waals surface area contributed by atoms with Crippen LogP contribution in [0.2, 0.25) is 0 Å². The lowest BCUT2D eigenvalue weighted by Gasteiger charge is -2.38. The Hall–Kier alpha value is -5.69. The number of carbonyl (C=O) groups is 1. The smallest absolute Gasteiger partial charge is 0.259 e. The number of carbonyl (C=O) groups excluding carboxylic acids is 1. The van der Waals surface area contributed by atoms with E-state index in [1.54, 1.807) is 36.4 Å². The molecule has 2 atom stereocenters. The van der Waals surface area contributed by atoms with Gasteiger partial charge in [0.1, 0.15) is 23.6 Å². The van der Waals surface area contributed by atoms with Gasteiger partial charge in [-0.3, -0.25) is 4.79 Å². The predicted molar refractivity (Wildman–Crippen MR) is 249 cm³/mol. The molecule has 5 rings (SSSR count). The van der Waals surface area contributed by atoms with E-state index in [4.69, 9.17) is 28.0 Å². The first-order valence-electron chi connectivity index (χ1n) is 21.5. The molecule has 64 heavy (non-hydrogen) atoms. The zero-order valence-corrected chi connectivity index (χ0v) is 39.3. The van der Waals surface area contributed by atoms with Crippen LogP contribution in [0.4, 0.5) is 5.95 Å². The highest BCUT2D eigenvalue weighted by Gasteiger charge is 2.39. The summed E-state index contributed by atoms with van der Waals surface area (Å²) in [5, 5.41) is 12.6. The Balaban J connectivity index is 1.56. The molecule has 1 N–H and O–H groups in total. The highest BCUT2D eigenvalue weighted by atomic mass is 31.2. The molecule has 0 radical (unpaired) electrons. The molecule has 5 aromatic rings. The van der Waals surface area contributed by atoms with Gasteiger partial charge in [-0.15, -0.1) is 0 Å². The molecule has 0 saturated carbocycles. The van der Waals surface area contributed by atoms with Crippen molar-refractivity contribution >= 4 is 37.9 Å². The van der Waals surface area contributed by atoms with Crippen molar-refractivity contribution < 1.29 is 32.8 Å². The third kappa shape index (κ3) is 13.0. The van der Waals surface area contributed by atoms with Crippen LogP contribution in [0.5, 0.6) is 17.4 Å². The number of nitriles is 1. The number of unbranched alkanes of at least 4 members (excludes halogenated alkanes) is 1. The summed E-state index contributed by atoms with van der Waals surface area (Å²) in [6.45, 7) is 10.9. The topological polar surface area (TPSA) is 171 Å². The number of ether oxygens (including phenoxy) is 4. The molecule has 0 bridgehead atoms. The molecule has 17 heteroatoms. The van der Waals surface area contributed by atoms with E-state index in [0.717, 1.165) is 29.5 Å². The fourth-order valence-corrected chi connectivity index (χ4v) is 8.64. The second-order valence-corrected chi connectivity index (χ2v) is 17.2. The molecule has 16 nitrogen and oxygen atoms in total. The molecule has 2 aromatic heterocycles. The normalized spacial score (nSPS) is 12.8. The van der Waals surface area contributed by atoms with E-state index >= 15 is 0 Å². The summed E-state index contributed by atoms with van der Waals surface area (Å²) in [6.07, 6.45) is 5.12. The predicted octanol–water partition coefficient (Wildman–Crippen LogP) is 8.03. The van der Waals surface area contributed by atoms with Crippen LogP contribution >= 0.6 is 8.53 Å². The fourth-order valence-electron chi connectivity index (χ4n) is 6.99. The Morgan fingerprint density at radius 3 is 2.08 bits per heavy atom. The van der Waals surface area contributed by atoms with E-state index in [0.29, 0.717) is 35.1 Å². The number of imidazole rings is 1. The van der Waals surface area contributed by atoms with Crippen LogP contribution in [-0.4, -0.2) is 114 Å². The van der Waals surface area contributed by atoms with E-state index in [-0.39, 0.29) is 56.7 Å². The van der Waals surface area contributed by atoms with Gasteiger partial charge < -0.3 is 42.8 Å². The van der Waals surface area contributed by atoms with Crippen molar-refractivity contribution in [2.45, 2.75) is 84.2 Å². The summed E-state index contributed by atoms with van der Waals surface area (Å²) in [5.41, 5.74) is 2.17. The molecule has 0 aliphatic rings. The highest BCUT2D eigenvalue weighted by Crippen LogP contribution is 2.46. The zero-order valence-electron chi connectivity index (χ0n) is 38.4. The Morgan fingerprint density at radius 2 is 1.52 bits per heavy atom. The average molecular weight is 896 g/mol. The molecule has 0 aliphatic heterocycles. The van der Waals surface area contributed by atoms with Crippen LogP contribution in [0.1, 0.15) is 70.6 Å². The van der Waals surface area contributed by atoms with Gasteiger partial charge in [0.05, 0.1) is 71.8 Å². The number of methoxy groups -OCH3 is 2. The lowest BCUT2D eigenvalue weighted by atomic mass is 9.80. The lowest BCUT2D eigenvalue weighted by molar-refractivity contribution is -0.123. The lowest BCUT2D eigenvalue weighted by Crippen LogP contribution is -2.46. The summed E-state index contributed by atoms with van der Waals surface area (Å²) in [5.74, 6) is 1.50. The number of nitrogens with one attached hydrogen (secondary N) is 1. The maximum absolute atomic E-state index is 14.4. The minimum absolute atomic E-state index is 0.00488. The standard InChI is InChI=1S/C47H62N9O7P/c1-10-11-27-60-45-43-44(52-46(53-45)50-32-54(6)7)55(33-49-43)29-42(57)51-39(31-63-64(62-28-15-26-48)56(34(2)3)35(4)5)30-61-47(36-16-13-12-14-17-36,37-18-22-40(58-8)23-19-37)38-20-24-41(59-9)25-21-38/h12-14,16-25,32-35,39H,10-11,15,27-31H2,1-9H3,(H,51,57)/b50-32+/t39-,64?/m0/s1. The van der Waals surface area contributed by atoms with Gasteiger partial charge in [-0.2, -0.15) is 15.2 Å². The summed E-state index contributed by atoms with van der Waals surface area (Å²) in [6, 6.07) is 27.0. The summed E-state index contributed by atoms with van der Waals surface area (Å²) >= 11 is 0. The van der Waals surface area contributed by atoms with Crippen LogP contribution in [0, 0.1) is 11.3 Å². The van der Waals surface area contributed by atoms with Crippen LogP contribution in [0.3, 0.4) is 0 Å². The number of hydrogen-bond acceptors (Lipinski definition) is 13. The minimum atomic E-state index is -1.66. The Kier molecular flexibility index (Phi) is 18.8. The number of rotatable bonds is 26. The van der Waals surface area contributed by atoms with Crippen molar-refractivity contribution in [3.8, 4) is 23.4 Å². The van der Waals surface area contributed by atoms with Gasteiger partial charge in [0.2, 0.25) is 11.8 Å². The maximum Gasteiger partial charge on any atom is 0.259 e. The van der Waals surface area contributed by atoms with Crippen molar-refractivity contribution in [1.82, 2.24) is 34.4 Å². The minimum Gasteiger partial charge on any atom is -0.497 e. The molecule has 1 unspecified atom stereocenters. The first-order chi connectivity index (χ1) is 30.9. The van der Waals surface area contributed by atoms with E-state index in [9.17, 15) is 10.1 Å². The van der Waals surface area contributed by atoms with Gasteiger partial charge in [-0.05, 0) is 75.1 Å². The highest BCUT2D eigenvalue weighted by molar-refractivity contribution is 7.44. The number of fused-ring (bicyclic) bond motifs is 1. The monoisotopic (exact) mass is 895 g/mol. The van der Waals surface area contributed by atoms with Crippen molar-refractivity contribution in [3.63, 3.8) is 0 Å². The van der Waals surface area contributed by atoms with Gasteiger partial charge >= 0.3 is 0 Å². The van der Waals surface area contributed by atoms with Crippen molar-refractivity contribution in [1.29, 1.82) is 5.26 Å². The summed E-state index contributed by atoms with van der Waals surface area (Å²) < 4.78 is 41.1. The molecule has 0 aliphatic carbocycles. The fraction of sp³-hybridized carbons (Fsp3) is 0.447. The number of aliphatic imine (C=N–C) groups is 1. The van der Waals surface area contributed by atoms with Gasteiger partial charge in [-0.1, -0.05) is 67.9 Å². The molecule has 342 valence electrons. The number of benzene rings is 3. The van der Waals surface area contributed by atoms with Crippen LogP contribution < -0.4 is 19.5 Å². The molecule has 2 heterocycles. The second-order valence-electron chi connectivity index (χ2n) is 15.7. The summed E-state index contributed by atoms with van der Waals surface area (Å²) in [4.78, 5) is 34.3. The first kappa shape index (κ1) is 49.3. The van der Waals surface area contributed by atoms with Crippen molar-refractivity contribution in [3.05, 3.63) is 102 Å². The summed E-state index contributed by atoms with van der Waals surface area (Å²) in [7, 11) is 5.30. The van der Waals surface area contributed by atoms with E-state index in [2.05, 4.69) is 70.6 Å². The number of amides is 1. The number of aromatic nitrogens is 4. The van der Waals surface area contributed by atoms with Crippen LogP contribution in [0.25, 0.3) is 11.2 Å². The quantitative estimate of drug-likeness (QED) is 0.0186. The van der Waals surface area contributed by atoms with Crippen molar-refractivity contribution in [2.75, 3.05) is 54.7 Å². The maximum atomic E-state index is 14.4. The van der Waals surface area contributed by atoms with Gasteiger partial charge in [-0.25, -0.2) is 14.6 Å². The van der Waals surface area contributed by atoms with E-state index < -0.39 is 20.2 Å². The molecule has 0 spiro atoms. The van der Waals surface area contributed by atoms with E-state index in [1.165, 1.54) is 0 Å². The molecular weight excluding hydrogens is 834 g/mol. The first-order valence-corrected chi connectivity index (χ1v) is 22.6. The SMILES string of the molecule is CCCCOc1nc(/N=C/N(C)C)nc2c1ncn2CC(=O)N[C@H](COP(OCCC#N)N(C(C)C)C(C)C)COC(c1ccccc1)(c1ccc(OC)cc1)c1ccc(OC)cc1. The average Bonchev–Trinajstić information content (AvgIpc) is 3.70. The second kappa shape index (κ2) is 24.4. The van der Waals surface area contributed by atoms with Gasteiger partial charge in [0.25, 0.3) is 14.5 Å². The van der Waals surface area contributed by atoms with Gasteiger partial charge in [0, 0.05) is 26.2 Å². The zero-order chi connectivity index (χ0) is 46.1. The Morgan fingerprint density at radius 1 is 0.891 bits per heavy atom. The molecule has 0 fully saturated rings. The third-order valence-electron chi connectivity index (χ3n) is 9.96. The molecule has 3 aromatic carbocycles. The van der Waals surface area contributed by atoms with E-state index in [1.807, 2.05) is 93.0 Å². The molecular formula is C47H62N9O7P. The number of nitrogens with zero attached hydrogens (tertiary/aromatic N) is 8. The van der Waals surface area contributed by atoms with Crippen molar-refractivity contribution in [2.24, 2.45) is 4.99 Å². The van der Waals surface area contributed by atoms with Gasteiger partial charge in [0.15, 0.2) is 11.2 Å². The molecule has 0 saturated heterocycles. The Labute approximate surface area is 378 Å². The van der Waals surface area contributed by atoms with Crippen LogP contribution in [-0.2, 0) is 30.7 Å².